The maximum Gasteiger partial charge on any atom is 0.265 e. The molecule has 0 radical (unpaired) electrons. The van der Waals surface area contributed by atoms with E-state index in [1.54, 1.807) is 11.7 Å². The zero-order chi connectivity index (χ0) is 15.7. The molecule has 22 heavy (non-hydrogen) atoms. The smallest absolute Gasteiger partial charge is 0.265 e. The predicted molar refractivity (Wildman–Crippen MR) is 87.1 cm³/mol. The van der Waals surface area contributed by atoms with Gasteiger partial charge >= 0.3 is 0 Å². The van der Waals surface area contributed by atoms with E-state index in [1.807, 2.05) is 31.2 Å². The van der Waals surface area contributed by atoms with Crippen LogP contribution in [-0.4, -0.2) is 25.9 Å². The van der Waals surface area contributed by atoms with E-state index in [1.165, 1.54) is 16.5 Å². The van der Waals surface area contributed by atoms with Gasteiger partial charge in [0.05, 0.1) is 6.54 Å². The second-order valence-corrected chi connectivity index (χ2v) is 5.77. The number of fused-ring (bicyclic) bond motifs is 1. The maximum absolute atomic E-state index is 12.4. The summed E-state index contributed by atoms with van der Waals surface area (Å²) in [4.78, 5) is 16.7. The van der Waals surface area contributed by atoms with Gasteiger partial charge in [0.15, 0.2) is 5.65 Å². The lowest BCUT2D eigenvalue weighted by atomic mass is 10.2. The van der Waals surface area contributed by atoms with E-state index in [9.17, 15) is 4.79 Å². The Kier molecular flexibility index (Phi) is 3.98. The molecule has 0 aliphatic carbocycles. The molecule has 0 aliphatic heterocycles. The van der Waals surface area contributed by atoms with Crippen LogP contribution in [0.25, 0.3) is 11.0 Å². The molecule has 2 heterocycles. The van der Waals surface area contributed by atoms with Crippen LogP contribution in [0.1, 0.15) is 5.56 Å². The van der Waals surface area contributed by atoms with Crippen molar-refractivity contribution in [2.45, 2.75) is 13.5 Å². The number of hydrogen-bond acceptors (Lipinski definition) is 4. The molecular weight excluding hydrogens is 348 g/mol. The van der Waals surface area contributed by atoms with Gasteiger partial charge in [-0.05, 0) is 35.0 Å². The number of aromatic nitrogens is 4. The topological polar surface area (TPSA) is 61.9 Å². The number of halogens is 1. The Hall–Kier alpha value is -2.15. The fourth-order valence-electron chi connectivity index (χ4n) is 2.19. The minimum Gasteiger partial charge on any atom is -0.492 e. The first-order valence-corrected chi connectivity index (χ1v) is 7.62. The Labute approximate surface area is 135 Å². The van der Waals surface area contributed by atoms with E-state index >= 15 is 0 Å². The lowest BCUT2D eigenvalue weighted by Crippen LogP contribution is -2.23. The molecule has 0 aliphatic rings. The van der Waals surface area contributed by atoms with Gasteiger partial charge in [0.2, 0.25) is 0 Å². The summed E-state index contributed by atoms with van der Waals surface area (Å²) in [6.07, 6.45) is 1.53. The summed E-state index contributed by atoms with van der Waals surface area (Å²) < 4.78 is 9.27. The molecule has 7 heteroatoms. The summed E-state index contributed by atoms with van der Waals surface area (Å²) in [5.41, 5.74) is 1.62. The van der Waals surface area contributed by atoms with Crippen LogP contribution in [0.15, 0.2) is 40.0 Å². The molecule has 3 rings (SSSR count). The van der Waals surface area contributed by atoms with E-state index in [0.29, 0.717) is 28.8 Å². The van der Waals surface area contributed by atoms with Crippen LogP contribution in [-0.2, 0) is 13.6 Å². The molecule has 114 valence electrons. The van der Waals surface area contributed by atoms with Gasteiger partial charge in [0.25, 0.3) is 5.56 Å². The Morgan fingerprint density at radius 2 is 2.00 bits per heavy atom. The Morgan fingerprint density at radius 3 is 2.73 bits per heavy atom. The van der Waals surface area contributed by atoms with Crippen molar-refractivity contribution in [3.63, 3.8) is 0 Å². The Morgan fingerprint density at radius 1 is 1.27 bits per heavy atom. The Balaban J connectivity index is 1.77. The summed E-state index contributed by atoms with van der Waals surface area (Å²) in [5, 5.41) is 4.64. The molecule has 0 saturated heterocycles. The summed E-state index contributed by atoms with van der Waals surface area (Å²) in [6.45, 7) is 2.85. The van der Waals surface area contributed by atoms with Crippen LogP contribution in [0, 0.1) is 6.92 Å². The molecule has 3 aromatic rings. The third-order valence-corrected chi connectivity index (χ3v) is 3.95. The molecule has 0 N–H and O–H groups in total. The number of ether oxygens (including phenoxy) is 1. The third-order valence-electron chi connectivity index (χ3n) is 3.39. The second kappa shape index (κ2) is 5.92. The fraction of sp³-hybridized carbons (Fsp3) is 0.267. The molecule has 0 saturated carbocycles. The predicted octanol–water partition coefficient (Wildman–Crippen LogP) is 2.28. The highest BCUT2D eigenvalue weighted by atomic mass is 79.9. The maximum atomic E-state index is 12.4. The first kappa shape index (κ1) is 14.8. The van der Waals surface area contributed by atoms with Gasteiger partial charge in [-0.15, -0.1) is 0 Å². The van der Waals surface area contributed by atoms with Gasteiger partial charge < -0.3 is 4.74 Å². The van der Waals surface area contributed by atoms with Crippen molar-refractivity contribution in [2.24, 2.45) is 7.05 Å². The summed E-state index contributed by atoms with van der Waals surface area (Å²) in [7, 11) is 1.75. The number of nitrogens with zero attached hydrogens (tertiary/aromatic N) is 4. The highest BCUT2D eigenvalue weighted by Crippen LogP contribution is 2.16. The molecule has 0 atom stereocenters. The largest absolute Gasteiger partial charge is 0.492 e. The molecule has 0 unspecified atom stereocenters. The molecule has 0 amide bonds. The van der Waals surface area contributed by atoms with Crippen LogP contribution in [0.5, 0.6) is 5.75 Å². The van der Waals surface area contributed by atoms with Crippen molar-refractivity contribution in [1.82, 2.24) is 19.3 Å². The van der Waals surface area contributed by atoms with Gasteiger partial charge in [-0.2, -0.15) is 5.10 Å². The van der Waals surface area contributed by atoms with Crippen molar-refractivity contribution >= 4 is 27.0 Å². The molecule has 0 spiro atoms. The third kappa shape index (κ3) is 2.76. The first-order valence-electron chi connectivity index (χ1n) is 6.83. The van der Waals surface area contributed by atoms with Crippen LogP contribution in [0.2, 0.25) is 0 Å². The van der Waals surface area contributed by atoms with Crippen molar-refractivity contribution in [2.75, 3.05) is 6.61 Å². The molecule has 0 fully saturated rings. The van der Waals surface area contributed by atoms with E-state index in [2.05, 4.69) is 26.0 Å². The second-order valence-electron chi connectivity index (χ2n) is 5.02. The van der Waals surface area contributed by atoms with Gasteiger partial charge in [-0.3, -0.25) is 9.36 Å². The van der Waals surface area contributed by atoms with Crippen molar-refractivity contribution < 1.29 is 4.74 Å². The van der Waals surface area contributed by atoms with Crippen LogP contribution in [0.4, 0.5) is 0 Å². The lowest BCUT2D eigenvalue weighted by molar-refractivity contribution is 0.296. The average molecular weight is 363 g/mol. The first-order chi connectivity index (χ1) is 10.6. The lowest BCUT2D eigenvalue weighted by Gasteiger charge is -2.08. The zero-order valence-corrected chi connectivity index (χ0v) is 13.9. The summed E-state index contributed by atoms with van der Waals surface area (Å²) >= 11 is 3.30. The molecule has 6 nitrogen and oxygen atoms in total. The SMILES string of the molecule is Cc1ccc(OCCn2cnc3c(c(Br)nn3C)c2=O)cc1. The quantitative estimate of drug-likeness (QED) is 0.714. The zero-order valence-electron chi connectivity index (χ0n) is 12.3. The van der Waals surface area contributed by atoms with Gasteiger partial charge in [0, 0.05) is 7.05 Å². The monoisotopic (exact) mass is 362 g/mol. The molecule has 1 aromatic carbocycles. The average Bonchev–Trinajstić information content (AvgIpc) is 2.79. The number of benzene rings is 1. The number of aryl methyl sites for hydroxylation is 2. The van der Waals surface area contributed by atoms with Gasteiger partial charge in [-0.25, -0.2) is 9.67 Å². The van der Waals surface area contributed by atoms with E-state index < -0.39 is 0 Å². The molecule has 2 aromatic heterocycles. The van der Waals surface area contributed by atoms with E-state index in [0.717, 1.165) is 5.75 Å². The van der Waals surface area contributed by atoms with E-state index in [4.69, 9.17) is 4.74 Å². The van der Waals surface area contributed by atoms with Crippen molar-refractivity contribution in [3.05, 3.63) is 51.1 Å². The summed E-state index contributed by atoms with van der Waals surface area (Å²) in [6, 6.07) is 7.80. The molecular formula is C15H15BrN4O2. The normalized spacial score (nSPS) is 11.0. The highest BCUT2D eigenvalue weighted by molar-refractivity contribution is 9.10. The van der Waals surface area contributed by atoms with Gasteiger partial charge in [-0.1, -0.05) is 17.7 Å². The van der Waals surface area contributed by atoms with Crippen molar-refractivity contribution in [3.8, 4) is 5.75 Å². The highest BCUT2D eigenvalue weighted by Gasteiger charge is 2.13. The Bertz CT molecular complexity index is 868. The standard InChI is InChI=1S/C15H15BrN4O2/c1-10-3-5-11(6-4-10)22-8-7-20-9-17-14-12(15(20)21)13(16)18-19(14)2/h3-6,9H,7-8H2,1-2H3. The van der Waals surface area contributed by atoms with Crippen molar-refractivity contribution in [1.29, 1.82) is 0 Å². The minimum atomic E-state index is -0.127. The fourth-order valence-corrected chi connectivity index (χ4v) is 2.78. The minimum absolute atomic E-state index is 0.127. The van der Waals surface area contributed by atoms with Gasteiger partial charge in [0.1, 0.15) is 28.7 Å². The number of rotatable bonds is 4. The van der Waals surface area contributed by atoms with E-state index in [-0.39, 0.29) is 5.56 Å². The van der Waals surface area contributed by atoms with Crippen LogP contribution in [0.3, 0.4) is 0 Å². The van der Waals surface area contributed by atoms with Crippen LogP contribution < -0.4 is 10.3 Å². The molecule has 0 bridgehead atoms. The number of hydrogen-bond donors (Lipinski definition) is 0. The van der Waals surface area contributed by atoms with Crippen LogP contribution >= 0.6 is 15.9 Å². The summed E-state index contributed by atoms with van der Waals surface area (Å²) in [5.74, 6) is 0.787.